The summed E-state index contributed by atoms with van der Waals surface area (Å²) >= 11 is 3.44. The highest BCUT2D eigenvalue weighted by molar-refractivity contribution is 9.10. The number of rotatable bonds is 7. The number of fused-ring (bicyclic) bond motifs is 1. The monoisotopic (exact) mass is 353 g/mol. The van der Waals surface area contributed by atoms with Gasteiger partial charge in [0.1, 0.15) is 5.52 Å². The van der Waals surface area contributed by atoms with Gasteiger partial charge in [-0.3, -0.25) is 4.79 Å². The molecule has 0 radical (unpaired) electrons. The molecule has 1 aromatic carbocycles. The Morgan fingerprint density at radius 2 is 2.29 bits per heavy atom. The van der Waals surface area contributed by atoms with Gasteiger partial charge in [-0.2, -0.15) is 4.98 Å². The Bertz CT molecular complexity index is 612. The van der Waals surface area contributed by atoms with Gasteiger partial charge in [-0.05, 0) is 47.8 Å². The molecule has 0 aliphatic heterocycles. The van der Waals surface area contributed by atoms with Crippen molar-refractivity contribution in [2.75, 3.05) is 11.9 Å². The molecule has 0 aliphatic rings. The zero-order chi connectivity index (χ0) is 15.2. The molecule has 0 saturated carbocycles. The maximum absolute atomic E-state index is 11.4. The fourth-order valence-electron chi connectivity index (χ4n) is 2.00. The van der Waals surface area contributed by atoms with E-state index in [0.717, 1.165) is 28.4 Å². The number of anilines is 1. The number of halogens is 1. The van der Waals surface area contributed by atoms with E-state index in [9.17, 15) is 4.79 Å². The van der Waals surface area contributed by atoms with Crippen LogP contribution in [0, 0.1) is 0 Å². The topological polar surface area (TPSA) is 67.2 Å². The SMILES string of the molecule is CCCC(=O)NCCC(C)Nc1nc2cccc(Br)c2o1. The van der Waals surface area contributed by atoms with Crippen molar-refractivity contribution >= 4 is 39.0 Å². The van der Waals surface area contributed by atoms with Crippen molar-refractivity contribution in [1.29, 1.82) is 0 Å². The number of oxazole rings is 1. The van der Waals surface area contributed by atoms with Crippen LogP contribution in [0.1, 0.15) is 33.1 Å². The number of nitrogens with zero attached hydrogens (tertiary/aromatic N) is 1. The van der Waals surface area contributed by atoms with E-state index in [2.05, 4.69) is 31.5 Å². The molecule has 0 fully saturated rings. The molecule has 5 nitrogen and oxygen atoms in total. The second-order valence-corrected chi connectivity index (χ2v) is 5.90. The molecule has 1 unspecified atom stereocenters. The molecule has 114 valence electrons. The highest BCUT2D eigenvalue weighted by atomic mass is 79.9. The Balaban J connectivity index is 1.85. The first-order chi connectivity index (χ1) is 10.1. The van der Waals surface area contributed by atoms with Crippen molar-refractivity contribution in [1.82, 2.24) is 10.3 Å². The first-order valence-corrected chi connectivity index (χ1v) is 7.97. The number of amides is 1. The van der Waals surface area contributed by atoms with E-state index in [1.165, 1.54) is 0 Å². The summed E-state index contributed by atoms with van der Waals surface area (Å²) in [6.45, 7) is 4.68. The first kappa shape index (κ1) is 15.8. The molecule has 0 spiro atoms. The summed E-state index contributed by atoms with van der Waals surface area (Å²) in [4.78, 5) is 15.8. The highest BCUT2D eigenvalue weighted by Crippen LogP contribution is 2.26. The first-order valence-electron chi connectivity index (χ1n) is 7.18. The van der Waals surface area contributed by atoms with E-state index in [-0.39, 0.29) is 11.9 Å². The molecule has 6 heteroatoms. The zero-order valence-corrected chi connectivity index (χ0v) is 13.9. The average molecular weight is 354 g/mol. The quantitative estimate of drug-likeness (QED) is 0.796. The minimum atomic E-state index is 0.107. The van der Waals surface area contributed by atoms with E-state index in [1.807, 2.05) is 32.0 Å². The van der Waals surface area contributed by atoms with E-state index >= 15 is 0 Å². The van der Waals surface area contributed by atoms with E-state index in [0.29, 0.717) is 19.0 Å². The summed E-state index contributed by atoms with van der Waals surface area (Å²) in [6, 6.07) is 6.42. The minimum absolute atomic E-state index is 0.107. The van der Waals surface area contributed by atoms with E-state index in [4.69, 9.17) is 4.42 Å². The number of hydrogen-bond acceptors (Lipinski definition) is 4. The van der Waals surface area contributed by atoms with Crippen LogP contribution in [0.3, 0.4) is 0 Å². The van der Waals surface area contributed by atoms with Crippen LogP contribution < -0.4 is 10.6 Å². The molecule has 0 saturated heterocycles. The van der Waals surface area contributed by atoms with Gasteiger partial charge in [0.25, 0.3) is 6.01 Å². The normalized spacial score (nSPS) is 12.3. The van der Waals surface area contributed by atoms with Crippen molar-refractivity contribution < 1.29 is 9.21 Å². The summed E-state index contributed by atoms with van der Waals surface area (Å²) < 4.78 is 6.57. The number of aromatic nitrogens is 1. The van der Waals surface area contributed by atoms with Gasteiger partial charge in [0, 0.05) is 19.0 Å². The van der Waals surface area contributed by atoms with Crippen molar-refractivity contribution in [3.63, 3.8) is 0 Å². The number of carbonyl (C=O) groups is 1. The Labute approximate surface area is 132 Å². The lowest BCUT2D eigenvalue weighted by molar-refractivity contribution is -0.121. The third-order valence-electron chi connectivity index (χ3n) is 3.11. The number of hydrogen-bond donors (Lipinski definition) is 2. The average Bonchev–Trinajstić information content (AvgIpc) is 2.83. The summed E-state index contributed by atoms with van der Waals surface area (Å²) in [5.41, 5.74) is 1.55. The maximum Gasteiger partial charge on any atom is 0.295 e. The molecule has 1 heterocycles. The van der Waals surface area contributed by atoms with Crippen molar-refractivity contribution in [3.05, 3.63) is 22.7 Å². The Kier molecular flexibility index (Phi) is 5.61. The van der Waals surface area contributed by atoms with Gasteiger partial charge in [0.05, 0.1) is 4.47 Å². The Hall–Kier alpha value is -1.56. The minimum Gasteiger partial charge on any atom is -0.422 e. The maximum atomic E-state index is 11.4. The van der Waals surface area contributed by atoms with Gasteiger partial charge in [-0.15, -0.1) is 0 Å². The summed E-state index contributed by atoms with van der Waals surface area (Å²) in [6.07, 6.45) is 2.27. The van der Waals surface area contributed by atoms with Crippen LogP contribution in [0.5, 0.6) is 0 Å². The molecule has 1 atom stereocenters. The smallest absolute Gasteiger partial charge is 0.295 e. The molecule has 1 aromatic heterocycles. The lowest BCUT2D eigenvalue weighted by Crippen LogP contribution is -2.28. The largest absolute Gasteiger partial charge is 0.422 e. The number of carbonyl (C=O) groups excluding carboxylic acids is 1. The van der Waals surface area contributed by atoms with Crippen LogP contribution >= 0.6 is 15.9 Å². The van der Waals surface area contributed by atoms with Gasteiger partial charge in [-0.1, -0.05) is 13.0 Å². The number of benzene rings is 1. The fourth-order valence-corrected chi connectivity index (χ4v) is 2.44. The van der Waals surface area contributed by atoms with Crippen molar-refractivity contribution in [2.24, 2.45) is 0 Å². The van der Waals surface area contributed by atoms with Gasteiger partial charge in [0.15, 0.2) is 5.58 Å². The second kappa shape index (κ2) is 7.45. The van der Waals surface area contributed by atoms with Crippen LogP contribution in [0.25, 0.3) is 11.1 Å². The van der Waals surface area contributed by atoms with Crippen LogP contribution in [-0.4, -0.2) is 23.5 Å². The summed E-state index contributed by atoms with van der Waals surface area (Å²) in [5, 5.41) is 6.11. The van der Waals surface area contributed by atoms with Crippen molar-refractivity contribution in [2.45, 2.75) is 39.2 Å². The van der Waals surface area contributed by atoms with Gasteiger partial charge < -0.3 is 15.1 Å². The summed E-state index contributed by atoms with van der Waals surface area (Å²) in [7, 11) is 0. The van der Waals surface area contributed by atoms with E-state index < -0.39 is 0 Å². The predicted octanol–water partition coefficient (Wildman–Crippen LogP) is 3.70. The zero-order valence-electron chi connectivity index (χ0n) is 12.3. The lowest BCUT2D eigenvalue weighted by Gasteiger charge is -2.12. The second-order valence-electron chi connectivity index (χ2n) is 5.04. The van der Waals surface area contributed by atoms with Crippen LogP contribution in [0.15, 0.2) is 27.1 Å². The number of para-hydroxylation sites is 1. The number of nitrogens with one attached hydrogen (secondary N) is 2. The van der Waals surface area contributed by atoms with Crippen LogP contribution in [-0.2, 0) is 4.79 Å². The molecule has 2 N–H and O–H groups in total. The van der Waals surface area contributed by atoms with Gasteiger partial charge >= 0.3 is 0 Å². The molecular formula is C15H20BrN3O2. The van der Waals surface area contributed by atoms with Gasteiger partial charge in [-0.25, -0.2) is 0 Å². The molecule has 2 aromatic rings. The summed E-state index contributed by atoms with van der Waals surface area (Å²) in [5.74, 6) is 0.107. The molecule has 0 bridgehead atoms. The molecule has 2 rings (SSSR count). The van der Waals surface area contributed by atoms with Crippen molar-refractivity contribution in [3.8, 4) is 0 Å². The Morgan fingerprint density at radius 1 is 1.48 bits per heavy atom. The lowest BCUT2D eigenvalue weighted by atomic mass is 10.2. The fraction of sp³-hybridized carbons (Fsp3) is 0.467. The van der Waals surface area contributed by atoms with Gasteiger partial charge in [0.2, 0.25) is 5.91 Å². The molecule has 1 amide bonds. The third kappa shape index (κ3) is 4.46. The van der Waals surface area contributed by atoms with Crippen LogP contribution in [0.4, 0.5) is 6.01 Å². The predicted molar refractivity (Wildman–Crippen MR) is 87.3 cm³/mol. The Morgan fingerprint density at radius 3 is 3.00 bits per heavy atom. The molecule has 0 aliphatic carbocycles. The molecule has 21 heavy (non-hydrogen) atoms. The highest BCUT2D eigenvalue weighted by Gasteiger charge is 2.11. The van der Waals surface area contributed by atoms with E-state index in [1.54, 1.807) is 0 Å². The van der Waals surface area contributed by atoms with Crippen LogP contribution in [0.2, 0.25) is 0 Å². The standard InChI is InChI=1S/C15H20BrN3O2/c1-3-5-13(20)17-9-8-10(2)18-15-19-12-7-4-6-11(16)14(12)21-15/h4,6-7,10H,3,5,8-9H2,1-2H3,(H,17,20)(H,18,19). The third-order valence-corrected chi connectivity index (χ3v) is 3.74. The molecular weight excluding hydrogens is 334 g/mol.